The van der Waals surface area contributed by atoms with Crippen LogP contribution in [-0.4, -0.2) is 50.0 Å². The van der Waals surface area contributed by atoms with E-state index in [-0.39, 0.29) is 30.5 Å². The Hall–Kier alpha value is -2.12. The summed E-state index contributed by atoms with van der Waals surface area (Å²) in [5, 5.41) is 11.9. The zero-order valence-corrected chi connectivity index (χ0v) is 13.7. The number of carboxylic acids is 1. The molecular formula is C17H23NO6. The summed E-state index contributed by atoms with van der Waals surface area (Å²) in [6.45, 7) is 1.91. The van der Waals surface area contributed by atoms with Crippen molar-refractivity contribution < 1.29 is 28.9 Å². The number of ether oxygens (including phenoxy) is 3. The van der Waals surface area contributed by atoms with Crippen LogP contribution in [0.5, 0.6) is 5.75 Å². The third kappa shape index (κ3) is 5.50. The van der Waals surface area contributed by atoms with E-state index in [1.165, 1.54) is 13.2 Å². The van der Waals surface area contributed by atoms with Gasteiger partial charge in [-0.25, -0.2) is 4.79 Å². The maximum absolute atomic E-state index is 11.8. The van der Waals surface area contributed by atoms with Crippen LogP contribution in [-0.2, 0) is 20.8 Å². The van der Waals surface area contributed by atoms with Gasteiger partial charge in [0, 0.05) is 19.6 Å². The van der Waals surface area contributed by atoms with Crippen molar-refractivity contribution in [2.75, 3.05) is 26.9 Å². The van der Waals surface area contributed by atoms with Gasteiger partial charge in [0.1, 0.15) is 11.3 Å². The first-order chi connectivity index (χ1) is 11.6. The molecule has 1 fully saturated rings. The third-order valence-corrected chi connectivity index (χ3v) is 3.79. The first-order valence-electron chi connectivity index (χ1n) is 7.96. The minimum absolute atomic E-state index is 0.0733. The Morgan fingerprint density at radius 1 is 1.42 bits per heavy atom. The van der Waals surface area contributed by atoms with Crippen molar-refractivity contribution in [3.63, 3.8) is 0 Å². The summed E-state index contributed by atoms with van der Waals surface area (Å²) in [7, 11) is 1.42. The van der Waals surface area contributed by atoms with Gasteiger partial charge in [0.25, 0.3) is 0 Å². The Kier molecular flexibility index (Phi) is 7.02. The summed E-state index contributed by atoms with van der Waals surface area (Å²) in [5.41, 5.74) is 0.769. The molecule has 1 heterocycles. The second kappa shape index (κ2) is 9.24. The summed E-state index contributed by atoms with van der Waals surface area (Å²) in [5.74, 6) is -0.919. The maximum atomic E-state index is 11.8. The van der Waals surface area contributed by atoms with E-state index in [4.69, 9.17) is 19.3 Å². The standard InChI is InChI=1S/C17H23NO6/c1-22-15-5-4-12(9-14(15)17(20)21)10-18-16(19)6-8-23-11-13-3-2-7-24-13/h4-5,9,13H,2-3,6-8,10-11H2,1H3,(H,18,19)(H,20,21)/t13-/m1/s1. The van der Waals surface area contributed by atoms with Crippen LogP contribution in [0.4, 0.5) is 0 Å². The number of hydrogen-bond donors (Lipinski definition) is 2. The number of carbonyl (C=O) groups excluding carboxylic acids is 1. The van der Waals surface area contributed by atoms with Crippen molar-refractivity contribution in [3.8, 4) is 5.75 Å². The van der Waals surface area contributed by atoms with E-state index in [0.29, 0.717) is 24.5 Å². The van der Waals surface area contributed by atoms with E-state index < -0.39 is 5.97 Å². The molecular weight excluding hydrogens is 314 g/mol. The Labute approximate surface area is 140 Å². The summed E-state index contributed by atoms with van der Waals surface area (Å²) in [6, 6.07) is 4.80. The molecule has 2 N–H and O–H groups in total. The molecule has 1 amide bonds. The molecule has 0 bridgehead atoms. The van der Waals surface area contributed by atoms with Crippen LogP contribution in [0.25, 0.3) is 0 Å². The van der Waals surface area contributed by atoms with E-state index in [1.807, 2.05) is 0 Å². The molecule has 0 unspecified atom stereocenters. The molecule has 132 valence electrons. The van der Waals surface area contributed by atoms with Gasteiger partial charge in [0.2, 0.25) is 5.91 Å². The van der Waals surface area contributed by atoms with E-state index in [1.54, 1.807) is 12.1 Å². The van der Waals surface area contributed by atoms with Crippen LogP contribution in [0.3, 0.4) is 0 Å². The summed E-state index contributed by atoms with van der Waals surface area (Å²) in [6.07, 6.45) is 2.49. The van der Waals surface area contributed by atoms with Gasteiger partial charge in [0.15, 0.2) is 0 Å². The molecule has 0 radical (unpaired) electrons. The van der Waals surface area contributed by atoms with Crippen LogP contribution < -0.4 is 10.1 Å². The second-order valence-electron chi connectivity index (χ2n) is 5.58. The average molecular weight is 337 g/mol. The highest BCUT2D eigenvalue weighted by molar-refractivity contribution is 5.91. The van der Waals surface area contributed by atoms with Gasteiger partial charge in [0.05, 0.1) is 26.4 Å². The number of carboxylic acid groups (broad SMARTS) is 1. The fraction of sp³-hybridized carbons (Fsp3) is 0.529. The number of nitrogens with one attached hydrogen (secondary N) is 1. The third-order valence-electron chi connectivity index (χ3n) is 3.79. The lowest BCUT2D eigenvalue weighted by molar-refractivity contribution is -0.122. The van der Waals surface area contributed by atoms with Gasteiger partial charge in [-0.3, -0.25) is 4.79 Å². The molecule has 1 aromatic carbocycles. The monoisotopic (exact) mass is 337 g/mol. The smallest absolute Gasteiger partial charge is 0.339 e. The molecule has 0 saturated carbocycles. The van der Waals surface area contributed by atoms with Gasteiger partial charge < -0.3 is 24.6 Å². The zero-order valence-electron chi connectivity index (χ0n) is 13.7. The van der Waals surface area contributed by atoms with Crippen molar-refractivity contribution in [1.82, 2.24) is 5.32 Å². The molecule has 1 aliphatic rings. The average Bonchev–Trinajstić information content (AvgIpc) is 3.10. The highest BCUT2D eigenvalue weighted by Gasteiger charge is 2.15. The predicted octanol–water partition coefficient (Wildman–Crippen LogP) is 1.60. The summed E-state index contributed by atoms with van der Waals surface area (Å²) < 4.78 is 15.9. The van der Waals surface area contributed by atoms with Crippen LogP contribution in [0.2, 0.25) is 0 Å². The lowest BCUT2D eigenvalue weighted by Crippen LogP contribution is -2.25. The second-order valence-corrected chi connectivity index (χ2v) is 5.58. The molecule has 0 aromatic heterocycles. The Balaban J connectivity index is 1.71. The maximum Gasteiger partial charge on any atom is 0.339 e. The van der Waals surface area contributed by atoms with Crippen LogP contribution >= 0.6 is 0 Å². The highest BCUT2D eigenvalue weighted by Crippen LogP contribution is 2.19. The Bertz CT molecular complexity index is 568. The SMILES string of the molecule is COc1ccc(CNC(=O)CCOC[C@H]2CCCO2)cc1C(=O)O. The highest BCUT2D eigenvalue weighted by atomic mass is 16.5. The number of carbonyl (C=O) groups is 2. The molecule has 2 rings (SSSR count). The fourth-order valence-electron chi connectivity index (χ4n) is 2.48. The lowest BCUT2D eigenvalue weighted by atomic mass is 10.1. The first-order valence-corrected chi connectivity index (χ1v) is 7.96. The Morgan fingerprint density at radius 3 is 2.92 bits per heavy atom. The summed E-state index contributed by atoms with van der Waals surface area (Å²) >= 11 is 0. The number of methoxy groups -OCH3 is 1. The van der Waals surface area contributed by atoms with Gasteiger partial charge in [-0.15, -0.1) is 0 Å². The first kappa shape index (κ1) is 18.2. The molecule has 1 atom stereocenters. The van der Waals surface area contributed by atoms with Crippen molar-refractivity contribution in [2.45, 2.75) is 31.9 Å². The van der Waals surface area contributed by atoms with Gasteiger partial charge in [-0.05, 0) is 30.5 Å². The molecule has 7 nitrogen and oxygen atoms in total. The van der Waals surface area contributed by atoms with E-state index >= 15 is 0 Å². The molecule has 1 aromatic rings. The normalized spacial score (nSPS) is 16.8. The molecule has 24 heavy (non-hydrogen) atoms. The number of aromatic carboxylic acids is 1. The van der Waals surface area contributed by atoms with Crippen molar-refractivity contribution in [3.05, 3.63) is 29.3 Å². The number of benzene rings is 1. The number of amides is 1. The Morgan fingerprint density at radius 2 is 2.25 bits per heavy atom. The van der Waals surface area contributed by atoms with Crippen molar-refractivity contribution in [1.29, 1.82) is 0 Å². The van der Waals surface area contributed by atoms with Crippen molar-refractivity contribution in [2.24, 2.45) is 0 Å². The van der Waals surface area contributed by atoms with Crippen LogP contribution in [0, 0.1) is 0 Å². The van der Waals surface area contributed by atoms with E-state index in [0.717, 1.165) is 19.4 Å². The predicted molar refractivity (Wildman–Crippen MR) is 86.2 cm³/mol. The topological polar surface area (TPSA) is 94.1 Å². The molecule has 1 saturated heterocycles. The van der Waals surface area contributed by atoms with Gasteiger partial charge >= 0.3 is 5.97 Å². The molecule has 0 spiro atoms. The minimum atomic E-state index is -1.07. The quantitative estimate of drug-likeness (QED) is 0.665. The minimum Gasteiger partial charge on any atom is -0.496 e. The number of rotatable bonds is 9. The van der Waals surface area contributed by atoms with Crippen molar-refractivity contribution >= 4 is 11.9 Å². The molecule has 0 aliphatic carbocycles. The van der Waals surface area contributed by atoms with E-state index in [2.05, 4.69) is 5.32 Å². The largest absolute Gasteiger partial charge is 0.496 e. The zero-order chi connectivity index (χ0) is 17.4. The number of hydrogen-bond acceptors (Lipinski definition) is 5. The van der Waals surface area contributed by atoms with Gasteiger partial charge in [-0.2, -0.15) is 0 Å². The fourth-order valence-corrected chi connectivity index (χ4v) is 2.48. The van der Waals surface area contributed by atoms with Gasteiger partial charge in [-0.1, -0.05) is 6.07 Å². The molecule has 7 heteroatoms. The van der Waals surface area contributed by atoms with Crippen LogP contribution in [0.15, 0.2) is 18.2 Å². The molecule has 1 aliphatic heterocycles. The lowest BCUT2D eigenvalue weighted by Gasteiger charge is -2.11. The summed E-state index contributed by atoms with van der Waals surface area (Å²) in [4.78, 5) is 23.0. The van der Waals surface area contributed by atoms with Crippen LogP contribution in [0.1, 0.15) is 35.2 Å². The van der Waals surface area contributed by atoms with E-state index in [9.17, 15) is 9.59 Å².